The first-order chi connectivity index (χ1) is 14.4. The molecule has 0 atom stereocenters. The summed E-state index contributed by atoms with van der Waals surface area (Å²) in [6, 6.07) is 19.8. The minimum Gasteiger partial charge on any atom is -0.425 e. The molecule has 0 aromatic heterocycles. The maximum Gasteiger partial charge on any atom is 0.145 e. The minimum absolute atomic E-state index is 0.997. The van der Waals surface area contributed by atoms with E-state index in [9.17, 15) is 0 Å². The lowest BCUT2D eigenvalue weighted by atomic mass is 9.94. The van der Waals surface area contributed by atoms with Gasteiger partial charge < -0.3 is 4.18 Å². The van der Waals surface area contributed by atoms with Crippen LogP contribution >= 0.6 is 12.0 Å². The summed E-state index contributed by atoms with van der Waals surface area (Å²) in [4.78, 5) is 0. The maximum absolute atomic E-state index is 6.15. The van der Waals surface area contributed by atoms with Gasteiger partial charge in [-0.05, 0) is 40.1 Å². The summed E-state index contributed by atoms with van der Waals surface area (Å²) in [5.41, 5.74) is 0. The Bertz CT molecular complexity index is 1020. The number of unbranched alkanes of at least 4 members (excludes halogenated alkanes) is 8. The third-order valence-corrected chi connectivity index (χ3v) is 6.72. The van der Waals surface area contributed by atoms with E-state index in [0.717, 1.165) is 11.5 Å². The van der Waals surface area contributed by atoms with Crippen LogP contribution < -0.4 is 4.18 Å². The second kappa shape index (κ2) is 10.2. The third-order valence-electron chi connectivity index (χ3n) is 5.97. The van der Waals surface area contributed by atoms with Crippen molar-refractivity contribution in [1.29, 1.82) is 0 Å². The van der Waals surface area contributed by atoms with E-state index < -0.39 is 0 Å². The number of hydrogen-bond acceptors (Lipinski definition) is 2. The highest BCUT2D eigenvalue weighted by molar-refractivity contribution is 7.95. The summed E-state index contributed by atoms with van der Waals surface area (Å²) in [7, 11) is 0. The molecule has 0 aliphatic carbocycles. The highest BCUT2D eigenvalue weighted by atomic mass is 32.2. The van der Waals surface area contributed by atoms with E-state index >= 15 is 0 Å². The fourth-order valence-electron chi connectivity index (χ4n) is 4.36. The van der Waals surface area contributed by atoms with Crippen molar-refractivity contribution in [2.24, 2.45) is 0 Å². The lowest BCUT2D eigenvalue weighted by molar-refractivity contribution is 0.571. The van der Waals surface area contributed by atoms with Crippen molar-refractivity contribution in [1.82, 2.24) is 0 Å². The monoisotopic (exact) mass is 404 g/mol. The van der Waals surface area contributed by atoms with Crippen molar-refractivity contribution in [2.45, 2.75) is 64.7 Å². The molecule has 0 radical (unpaired) electrons. The van der Waals surface area contributed by atoms with Crippen molar-refractivity contribution in [3.8, 4) is 5.75 Å². The number of benzene rings is 4. The van der Waals surface area contributed by atoms with Crippen LogP contribution in [-0.2, 0) is 0 Å². The minimum atomic E-state index is 0.997. The SMILES string of the molecule is CCCCCCCCCCCSOc1ccc2ccc3cccc4ccc1c2c34. The Hall–Kier alpha value is -1.93. The molecule has 2 heteroatoms. The highest BCUT2D eigenvalue weighted by Gasteiger charge is 2.11. The van der Waals surface area contributed by atoms with Gasteiger partial charge in [0.25, 0.3) is 0 Å². The van der Waals surface area contributed by atoms with Gasteiger partial charge in [-0.25, -0.2) is 0 Å². The van der Waals surface area contributed by atoms with Gasteiger partial charge in [0.05, 0.1) is 12.0 Å². The van der Waals surface area contributed by atoms with Crippen molar-refractivity contribution < 1.29 is 4.18 Å². The fourth-order valence-corrected chi connectivity index (χ4v) is 5.04. The van der Waals surface area contributed by atoms with Gasteiger partial charge in [0.1, 0.15) is 5.75 Å². The first-order valence-corrected chi connectivity index (χ1v) is 12.3. The molecule has 1 nitrogen and oxygen atoms in total. The Morgan fingerprint density at radius 2 is 1.21 bits per heavy atom. The Kier molecular flexibility index (Phi) is 7.16. The van der Waals surface area contributed by atoms with Crippen LogP contribution in [0.2, 0.25) is 0 Å². The van der Waals surface area contributed by atoms with Crippen molar-refractivity contribution in [3.63, 3.8) is 0 Å². The number of rotatable bonds is 12. The Balaban J connectivity index is 1.30. The van der Waals surface area contributed by atoms with Gasteiger partial charge in [-0.2, -0.15) is 0 Å². The van der Waals surface area contributed by atoms with E-state index in [2.05, 4.69) is 61.5 Å². The van der Waals surface area contributed by atoms with Crippen LogP contribution in [0.4, 0.5) is 0 Å². The van der Waals surface area contributed by atoms with Crippen LogP contribution in [0.15, 0.2) is 54.6 Å². The summed E-state index contributed by atoms with van der Waals surface area (Å²) < 4.78 is 6.15. The Morgan fingerprint density at radius 1 is 0.621 bits per heavy atom. The Labute approximate surface area is 179 Å². The predicted molar refractivity (Wildman–Crippen MR) is 130 cm³/mol. The zero-order valence-corrected chi connectivity index (χ0v) is 18.4. The van der Waals surface area contributed by atoms with Gasteiger partial charge in [0, 0.05) is 16.5 Å². The van der Waals surface area contributed by atoms with E-state index in [0.29, 0.717) is 0 Å². The standard InChI is InChI=1S/C27H32OS/c1-2-3-4-5-6-7-8-9-10-20-29-28-25-19-17-23-15-14-21-12-11-13-22-16-18-24(25)27(23)26(21)22/h11-19H,2-10,20H2,1H3. The van der Waals surface area contributed by atoms with Crippen LogP contribution in [0.1, 0.15) is 64.7 Å². The molecule has 0 unspecified atom stereocenters. The van der Waals surface area contributed by atoms with Gasteiger partial charge in [0.2, 0.25) is 0 Å². The predicted octanol–water partition coefficient (Wildman–Crippen LogP) is 9.14. The zero-order chi connectivity index (χ0) is 19.9. The van der Waals surface area contributed by atoms with Gasteiger partial charge in [-0.1, -0.05) is 101 Å². The lowest BCUT2D eigenvalue weighted by Crippen LogP contribution is -1.90. The van der Waals surface area contributed by atoms with Gasteiger partial charge in [-0.15, -0.1) is 0 Å². The summed E-state index contributed by atoms with van der Waals surface area (Å²) in [5.74, 6) is 2.06. The zero-order valence-electron chi connectivity index (χ0n) is 17.6. The van der Waals surface area contributed by atoms with Crippen LogP contribution in [-0.4, -0.2) is 5.75 Å². The molecule has 0 heterocycles. The fraction of sp³-hybridized carbons (Fsp3) is 0.407. The Morgan fingerprint density at radius 3 is 1.93 bits per heavy atom. The molecule has 0 spiro atoms. The average Bonchev–Trinajstić information content (AvgIpc) is 2.76. The van der Waals surface area contributed by atoms with Crippen LogP contribution in [0.25, 0.3) is 32.3 Å². The molecule has 0 saturated carbocycles. The van der Waals surface area contributed by atoms with E-state index in [1.807, 2.05) is 0 Å². The largest absolute Gasteiger partial charge is 0.425 e. The molecule has 0 bridgehead atoms. The molecule has 4 aromatic carbocycles. The summed E-state index contributed by atoms with van der Waals surface area (Å²) >= 11 is 1.61. The molecular formula is C27H32OS. The summed E-state index contributed by atoms with van der Waals surface area (Å²) in [6.45, 7) is 2.28. The molecular weight excluding hydrogens is 372 g/mol. The smallest absolute Gasteiger partial charge is 0.145 e. The molecule has 29 heavy (non-hydrogen) atoms. The second-order valence-corrected chi connectivity index (χ2v) is 8.96. The molecule has 0 aliphatic rings. The van der Waals surface area contributed by atoms with E-state index in [-0.39, 0.29) is 0 Å². The van der Waals surface area contributed by atoms with Crippen LogP contribution in [0.5, 0.6) is 5.75 Å². The van der Waals surface area contributed by atoms with Crippen molar-refractivity contribution >= 4 is 44.4 Å². The molecule has 0 N–H and O–H groups in total. The van der Waals surface area contributed by atoms with Gasteiger partial charge in [0.15, 0.2) is 0 Å². The van der Waals surface area contributed by atoms with Crippen molar-refractivity contribution in [2.75, 3.05) is 5.75 Å². The molecule has 0 saturated heterocycles. The van der Waals surface area contributed by atoms with Gasteiger partial charge in [-0.3, -0.25) is 0 Å². The molecule has 0 aliphatic heterocycles. The van der Waals surface area contributed by atoms with Crippen LogP contribution in [0.3, 0.4) is 0 Å². The van der Waals surface area contributed by atoms with Gasteiger partial charge >= 0.3 is 0 Å². The first kappa shape index (κ1) is 20.3. The summed E-state index contributed by atoms with van der Waals surface area (Å²) in [6.07, 6.45) is 12.3. The summed E-state index contributed by atoms with van der Waals surface area (Å²) in [5, 5.41) is 7.82. The normalized spacial score (nSPS) is 11.8. The second-order valence-electron chi connectivity index (χ2n) is 8.15. The molecule has 4 aromatic rings. The number of hydrogen-bond donors (Lipinski definition) is 0. The molecule has 152 valence electrons. The van der Waals surface area contributed by atoms with E-state index in [4.69, 9.17) is 4.18 Å². The lowest BCUT2D eigenvalue weighted by Gasteiger charge is -2.13. The third kappa shape index (κ3) is 4.80. The van der Waals surface area contributed by atoms with Crippen molar-refractivity contribution in [3.05, 3.63) is 54.6 Å². The topological polar surface area (TPSA) is 9.23 Å². The van der Waals surface area contributed by atoms with E-state index in [1.165, 1.54) is 90.1 Å². The highest BCUT2D eigenvalue weighted by Crippen LogP contribution is 2.39. The molecule has 4 rings (SSSR count). The first-order valence-electron chi connectivity index (χ1n) is 11.3. The van der Waals surface area contributed by atoms with Crippen LogP contribution in [0, 0.1) is 0 Å². The molecule has 0 amide bonds. The quantitative estimate of drug-likeness (QED) is 0.132. The van der Waals surface area contributed by atoms with E-state index in [1.54, 1.807) is 12.0 Å². The maximum atomic E-state index is 6.15. The molecule has 0 fully saturated rings. The average molecular weight is 405 g/mol.